The Labute approximate surface area is 68.5 Å². The maximum absolute atomic E-state index is 4.93. The molecule has 0 bridgehead atoms. The lowest BCUT2D eigenvalue weighted by Crippen LogP contribution is -1.92. The first-order chi connectivity index (χ1) is 3.56. The summed E-state index contributed by atoms with van der Waals surface area (Å²) in [6.07, 6.45) is -0.110. The Balaban J connectivity index is 3.42. The topological polar surface area (TPSA) is 0 Å². The Morgan fingerprint density at radius 2 is 2.00 bits per heavy atom. The maximum Gasteiger partial charge on any atom is 0.0107 e. The van der Waals surface area contributed by atoms with Crippen molar-refractivity contribution in [2.45, 2.75) is 12.5 Å². The fourth-order valence-electron chi connectivity index (χ4n) is 0.327. The van der Waals surface area contributed by atoms with Crippen LogP contribution in [0, 0.1) is 0 Å². The molecule has 0 aromatic heterocycles. The molecule has 0 aliphatic rings. The summed E-state index contributed by atoms with van der Waals surface area (Å²) in [5.74, 6) is 0.976. The van der Waals surface area contributed by atoms with Gasteiger partial charge in [0, 0.05) is 16.0 Å². The molecule has 50 valence electrons. The van der Waals surface area contributed by atoms with Crippen molar-refractivity contribution < 1.29 is 0 Å². The lowest BCUT2D eigenvalue weighted by atomic mass is 10.6. The molecule has 5 heteroatoms. The van der Waals surface area contributed by atoms with Crippen LogP contribution in [0.4, 0.5) is 0 Å². The molecule has 0 spiro atoms. The van der Waals surface area contributed by atoms with Gasteiger partial charge in [0.05, 0.1) is 0 Å². The van der Waals surface area contributed by atoms with Crippen molar-refractivity contribution >= 4 is 50.5 Å². The second kappa shape index (κ2) is 4.22. The number of hydrogen-bond donors (Lipinski definition) is 1. The van der Waals surface area contributed by atoms with E-state index >= 15 is 0 Å². The smallest absolute Gasteiger partial charge is 0.0107 e. The molecule has 0 aliphatic carbocycles. The van der Waals surface area contributed by atoms with Gasteiger partial charge in [0.25, 0.3) is 0 Å². The first-order valence-electron chi connectivity index (χ1n) is 2.51. The molecule has 0 aromatic carbocycles. The fraction of sp³-hybridized carbons (Fsp3) is 1.00. The van der Waals surface area contributed by atoms with Crippen molar-refractivity contribution in [3.8, 4) is 0 Å². The first kappa shape index (κ1) is 9.36. The summed E-state index contributed by atoms with van der Waals surface area (Å²) in [5, 5.41) is 0. The van der Waals surface area contributed by atoms with E-state index in [0.29, 0.717) is 0 Å². The van der Waals surface area contributed by atoms with Gasteiger partial charge in [0.1, 0.15) is 0 Å². The van der Waals surface area contributed by atoms with E-state index in [0.717, 1.165) is 5.75 Å². The zero-order valence-electron chi connectivity index (χ0n) is 4.79. The molecule has 0 N–H and O–H groups in total. The van der Waals surface area contributed by atoms with Crippen molar-refractivity contribution in [2.75, 3.05) is 5.75 Å². The van der Waals surface area contributed by atoms with Gasteiger partial charge in [-0.3, -0.25) is 0 Å². The van der Waals surface area contributed by atoms with Crippen LogP contribution < -0.4 is 0 Å². The second-order valence-electron chi connectivity index (χ2n) is 1.64. The zero-order valence-corrected chi connectivity index (χ0v) is 10.1. The van der Waals surface area contributed by atoms with Gasteiger partial charge in [-0.25, -0.2) is 0 Å². The molecule has 0 aromatic rings. The third kappa shape index (κ3) is 7.36. The lowest BCUT2D eigenvalue weighted by molar-refractivity contribution is 1.10. The highest BCUT2D eigenvalue weighted by molar-refractivity contribution is 8.92. The van der Waals surface area contributed by atoms with E-state index in [1.807, 2.05) is 0 Å². The standard InChI is InChI=1S/C3H10S4Si/c4-7(5,6)2-1-3-8/h1-3H2,8H3,(H,4,5,6). The van der Waals surface area contributed by atoms with Gasteiger partial charge in [-0.2, -0.15) is 0 Å². The van der Waals surface area contributed by atoms with E-state index in [1.54, 1.807) is 0 Å². The fourth-order valence-corrected chi connectivity index (χ4v) is 2.94. The molecule has 0 atom stereocenters. The van der Waals surface area contributed by atoms with Crippen molar-refractivity contribution in [1.29, 1.82) is 0 Å². The lowest BCUT2D eigenvalue weighted by Gasteiger charge is -1.97. The first-order valence-corrected chi connectivity index (χ1v) is 8.63. The summed E-state index contributed by atoms with van der Waals surface area (Å²) in [5.41, 5.74) is 0. The van der Waals surface area contributed by atoms with Crippen molar-refractivity contribution in [3.63, 3.8) is 0 Å². The molecule has 0 unspecified atom stereocenters. The third-order valence-corrected chi connectivity index (χ3v) is 3.82. The van der Waals surface area contributed by atoms with Crippen LogP contribution in [0.1, 0.15) is 6.42 Å². The van der Waals surface area contributed by atoms with Gasteiger partial charge in [0.15, 0.2) is 0 Å². The summed E-state index contributed by atoms with van der Waals surface area (Å²) in [4.78, 5) is 0. The van der Waals surface area contributed by atoms with Gasteiger partial charge in [0.2, 0.25) is 0 Å². The molecule has 8 heavy (non-hydrogen) atoms. The number of rotatable bonds is 3. The Hall–Kier alpha value is 1.36. The molecule has 0 saturated carbocycles. The molecule has 0 radical (unpaired) electrons. The minimum absolute atomic E-state index is 0.976. The van der Waals surface area contributed by atoms with E-state index in [4.69, 9.17) is 22.4 Å². The summed E-state index contributed by atoms with van der Waals surface area (Å²) >= 11 is 14.0. The predicted molar refractivity (Wildman–Crippen MR) is 55.3 cm³/mol. The van der Waals surface area contributed by atoms with Crippen LogP contribution in [-0.4, -0.2) is 16.0 Å². The maximum atomic E-state index is 4.93. The van der Waals surface area contributed by atoms with Gasteiger partial charge < -0.3 is 0 Å². The van der Waals surface area contributed by atoms with Crippen LogP contribution in [0.15, 0.2) is 0 Å². The van der Waals surface area contributed by atoms with Crippen LogP contribution >= 0.6 is 11.7 Å². The van der Waals surface area contributed by atoms with E-state index in [-0.39, 0.29) is 0 Å². The van der Waals surface area contributed by atoms with E-state index < -0.39 is 6.18 Å². The second-order valence-corrected chi connectivity index (χ2v) is 11.6. The highest BCUT2D eigenvalue weighted by atomic mass is 33.5. The Morgan fingerprint density at radius 1 is 1.50 bits per heavy atom. The third-order valence-electron chi connectivity index (χ3n) is 0.756. The SMILES string of the molecule is [SiH3]CCCS(=S)(=S)S. The molecule has 0 aliphatic heterocycles. The van der Waals surface area contributed by atoms with Crippen molar-refractivity contribution in [2.24, 2.45) is 0 Å². The number of hydrogen-bond acceptors (Lipinski definition) is 2. The molecule has 0 fully saturated rings. The van der Waals surface area contributed by atoms with Crippen LogP contribution in [0.3, 0.4) is 0 Å². The van der Waals surface area contributed by atoms with Gasteiger partial charge in [-0.1, -0.05) is 6.04 Å². The number of thiol groups is 1. The van der Waals surface area contributed by atoms with Gasteiger partial charge in [-0.15, -0.1) is 11.7 Å². The van der Waals surface area contributed by atoms with Crippen LogP contribution in [0.5, 0.6) is 0 Å². The molecular weight excluding hydrogens is 192 g/mol. The van der Waals surface area contributed by atoms with Crippen LogP contribution in [-0.2, 0) is 28.6 Å². The largest absolute Gasteiger partial charge is 0.103 e. The van der Waals surface area contributed by atoms with Gasteiger partial charge in [-0.05, 0) is 35.0 Å². The van der Waals surface area contributed by atoms with E-state index in [9.17, 15) is 0 Å². The van der Waals surface area contributed by atoms with Crippen molar-refractivity contribution in [1.82, 2.24) is 0 Å². The molecule has 0 rings (SSSR count). The zero-order chi connectivity index (χ0) is 6.62. The van der Waals surface area contributed by atoms with Gasteiger partial charge >= 0.3 is 0 Å². The summed E-state index contributed by atoms with van der Waals surface area (Å²) in [6, 6.07) is 1.31. The molecule has 0 saturated heterocycles. The molecule has 0 amide bonds. The highest BCUT2D eigenvalue weighted by Crippen LogP contribution is 2.00. The van der Waals surface area contributed by atoms with E-state index in [1.165, 1.54) is 22.7 Å². The molecular formula is C3H10S4Si. The quantitative estimate of drug-likeness (QED) is 0.391. The van der Waals surface area contributed by atoms with Crippen LogP contribution in [0.2, 0.25) is 6.04 Å². The monoisotopic (exact) mass is 202 g/mol. The Kier molecular flexibility index (Phi) is 4.93. The normalized spacial score (nSPS) is 12.1. The average molecular weight is 202 g/mol. The van der Waals surface area contributed by atoms with Crippen molar-refractivity contribution in [3.05, 3.63) is 0 Å². The highest BCUT2D eigenvalue weighted by Gasteiger charge is 1.90. The van der Waals surface area contributed by atoms with Crippen LogP contribution in [0.25, 0.3) is 0 Å². The summed E-state index contributed by atoms with van der Waals surface area (Å²) < 4.78 is 0. The Bertz CT molecular complexity index is 135. The predicted octanol–water partition coefficient (Wildman–Crippen LogP) is 0.0828. The Morgan fingerprint density at radius 3 is 2.12 bits per heavy atom. The van der Waals surface area contributed by atoms with E-state index in [2.05, 4.69) is 11.7 Å². The average Bonchev–Trinajstić information content (AvgIpc) is 1.59. The minimum Gasteiger partial charge on any atom is -0.103 e. The minimum atomic E-state index is -1.30. The molecule has 0 nitrogen and oxygen atoms in total. The summed E-state index contributed by atoms with van der Waals surface area (Å²) in [7, 11) is 1.27. The summed E-state index contributed by atoms with van der Waals surface area (Å²) in [6.45, 7) is 0. The molecule has 0 heterocycles.